The summed E-state index contributed by atoms with van der Waals surface area (Å²) in [4.78, 5) is 65.8. The van der Waals surface area contributed by atoms with Gasteiger partial charge in [-0.3, -0.25) is 19.1 Å². The van der Waals surface area contributed by atoms with E-state index >= 15 is 0 Å². The number of ether oxygens (including phenoxy) is 4. The minimum absolute atomic E-state index is 0.0273. The molecular formula is C47H66N6O10S. The van der Waals surface area contributed by atoms with E-state index in [9.17, 15) is 27.6 Å². The predicted octanol–water partition coefficient (Wildman–Crippen LogP) is 4.78. The molecule has 64 heavy (non-hydrogen) atoms. The maximum atomic E-state index is 14.9. The lowest BCUT2D eigenvalue weighted by Crippen LogP contribution is -2.60. The number of likely N-dealkylation sites (tertiary alicyclic amines) is 1. The van der Waals surface area contributed by atoms with Gasteiger partial charge in [0.25, 0.3) is 5.91 Å². The number of alkyl carbamates (subject to hydrolysis) is 1. The van der Waals surface area contributed by atoms with Crippen LogP contribution in [0.4, 0.5) is 4.79 Å². The molecule has 5 fully saturated rings. The maximum absolute atomic E-state index is 14.9. The molecular weight excluding hydrogens is 841 g/mol. The summed E-state index contributed by atoms with van der Waals surface area (Å²) in [5, 5.41) is 6.60. The Morgan fingerprint density at radius 1 is 1.06 bits per heavy atom. The first-order valence-corrected chi connectivity index (χ1v) is 24.7. The number of benzene rings is 1. The molecule has 1 aromatic heterocycles. The fourth-order valence-corrected chi connectivity index (χ4v) is 10.9. The van der Waals surface area contributed by atoms with Crippen LogP contribution in [0.25, 0.3) is 10.9 Å². The van der Waals surface area contributed by atoms with Gasteiger partial charge in [0.05, 0.1) is 29.0 Å². The Labute approximate surface area is 377 Å². The number of aromatic nitrogens is 1. The summed E-state index contributed by atoms with van der Waals surface area (Å²) >= 11 is 0. The number of amides is 4. The number of methoxy groups -OCH3 is 1. The number of piperidine rings is 1. The molecule has 3 aliphatic heterocycles. The van der Waals surface area contributed by atoms with Crippen LogP contribution < -0.4 is 24.8 Å². The zero-order chi connectivity index (χ0) is 45.6. The standard InChI is InChI=1S/C47H66N6O10S/c1-7-30-27-47(30,43(56)51-64(58,59)46(5)19-20-46)50-40(54)36-26-32-28-53(36)42(55)39(45(2,3)4)49-44(57)63-37-25-29(37)13-9-8-10-15-34-38(33-14-11-12-16-35(33)48-41(34)62-32)61-31-17-21-52(22-18-31)23-24-60-6/h7,11-12,14,16,29-32,36-37,39H,1,8-10,13,15,17-28H2,2-6H3,(H,49,57)(H,50,54)(H,51,56)/t29-,30-,32-,36+,37-,39-,47?/m1/s1. The van der Waals surface area contributed by atoms with Gasteiger partial charge < -0.3 is 39.4 Å². The highest BCUT2D eigenvalue weighted by Gasteiger charge is 2.63. The predicted molar refractivity (Wildman–Crippen MR) is 239 cm³/mol. The van der Waals surface area contributed by atoms with Gasteiger partial charge in [-0.25, -0.2) is 18.2 Å². The van der Waals surface area contributed by atoms with Gasteiger partial charge in [-0.15, -0.1) is 6.58 Å². The second-order valence-electron chi connectivity index (χ2n) is 20.2. The lowest BCUT2D eigenvalue weighted by Gasteiger charge is -2.35. The largest absolute Gasteiger partial charge is 0.489 e. The van der Waals surface area contributed by atoms with E-state index in [1.54, 1.807) is 14.0 Å². The number of nitrogens with one attached hydrogen (secondary N) is 3. The van der Waals surface area contributed by atoms with Crippen LogP contribution in [-0.2, 0) is 40.3 Å². The molecule has 1 unspecified atom stereocenters. The van der Waals surface area contributed by atoms with E-state index in [1.807, 2.05) is 45.0 Å². The van der Waals surface area contributed by atoms with Crippen LogP contribution >= 0.6 is 0 Å². The smallest absolute Gasteiger partial charge is 0.408 e. The highest BCUT2D eigenvalue weighted by Crippen LogP contribution is 2.48. The summed E-state index contributed by atoms with van der Waals surface area (Å²) in [6, 6.07) is 5.60. The summed E-state index contributed by atoms with van der Waals surface area (Å²) < 4.78 is 52.6. The molecule has 7 atom stereocenters. The molecule has 2 aromatic rings. The molecule has 17 heteroatoms. The van der Waals surface area contributed by atoms with E-state index in [4.69, 9.17) is 23.9 Å². The third kappa shape index (κ3) is 9.72. The number of carbonyl (C=O) groups excluding carboxylic acids is 4. The summed E-state index contributed by atoms with van der Waals surface area (Å²) in [6.07, 6.45) is 7.55. The molecule has 4 amide bonds. The van der Waals surface area contributed by atoms with Gasteiger partial charge in [-0.2, -0.15) is 0 Å². The highest BCUT2D eigenvalue weighted by atomic mass is 32.2. The summed E-state index contributed by atoms with van der Waals surface area (Å²) in [6.45, 7) is 14.2. The number of hydrogen-bond donors (Lipinski definition) is 3. The highest BCUT2D eigenvalue weighted by molar-refractivity contribution is 7.91. The lowest BCUT2D eigenvalue weighted by molar-refractivity contribution is -0.142. The quantitative estimate of drug-likeness (QED) is 0.262. The molecule has 3 saturated carbocycles. The Bertz CT molecular complexity index is 2240. The average Bonchev–Trinajstić information content (AvgIpc) is 4.22. The van der Waals surface area contributed by atoms with E-state index < -0.39 is 73.6 Å². The fraction of sp³-hybridized carbons (Fsp3) is 0.681. The van der Waals surface area contributed by atoms with Crippen molar-refractivity contribution in [2.24, 2.45) is 17.3 Å². The molecule has 3 N–H and O–H groups in total. The molecule has 4 heterocycles. The second kappa shape index (κ2) is 18.1. The molecule has 0 spiro atoms. The van der Waals surface area contributed by atoms with Gasteiger partial charge >= 0.3 is 6.09 Å². The van der Waals surface area contributed by atoms with Crippen LogP contribution in [0.2, 0.25) is 0 Å². The molecule has 1 aromatic carbocycles. The number of rotatable bonds is 11. The maximum Gasteiger partial charge on any atom is 0.408 e. The lowest BCUT2D eigenvalue weighted by atomic mass is 9.85. The molecule has 8 rings (SSSR count). The Morgan fingerprint density at radius 3 is 2.50 bits per heavy atom. The van der Waals surface area contributed by atoms with E-state index in [0.29, 0.717) is 37.3 Å². The Balaban J connectivity index is 1.13. The first-order valence-electron chi connectivity index (χ1n) is 23.2. The normalized spacial score (nSPS) is 30.0. The van der Waals surface area contributed by atoms with Crippen LogP contribution in [0.5, 0.6) is 11.6 Å². The Morgan fingerprint density at radius 2 is 1.81 bits per heavy atom. The first kappa shape index (κ1) is 46.1. The average molecular weight is 907 g/mol. The van der Waals surface area contributed by atoms with E-state index in [-0.39, 0.29) is 37.5 Å². The number of carbonyl (C=O) groups is 4. The number of para-hydroxylation sites is 1. The number of nitrogens with zero attached hydrogens (tertiary/aromatic N) is 3. The number of pyridine rings is 1. The van der Waals surface area contributed by atoms with E-state index in [2.05, 4.69) is 26.8 Å². The van der Waals surface area contributed by atoms with Gasteiger partial charge in [0.15, 0.2) is 0 Å². The second-order valence-corrected chi connectivity index (χ2v) is 22.4. The van der Waals surface area contributed by atoms with Crippen molar-refractivity contribution in [1.29, 1.82) is 0 Å². The van der Waals surface area contributed by atoms with Crippen LogP contribution in [-0.4, -0.2) is 128 Å². The fourth-order valence-electron chi connectivity index (χ4n) is 9.60. The van der Waals surface area contributed by atoms with Gasteiger partial charge in [-0.05, 0) is 88.2 Å². The number of sulfonamides is 1. The van der Waals surface area contributed by atoms with E-state index in [1.165, 1.54) is 11.0 Å². The molecule has 3 aliphatic carbocycles. The third-order valence-electron chi connectivity index (χ3n) is 14.3. The van der Waals surface area contributed by atoms with Crippen LogP contribution in [0.3, 0.4) is 0 Å². The van der Waals surface area contributed by atoms with Crippen LogP contribution in [0.1, 0.15) is 104 Å². The van der Waals surface area contributed by atoms with Gasteiger partial charge in [-0.1, -0.05) is 51.8 Å². The molecule has 2 bridgehead atoms. The van der Waals surface area contributed by atoms with Crippen molar-refractivity contribution < 1.29 is 46.5 Å². The summed E-state index contributed by atoms with van der Waals surface area (Å²) in [5.41, 5.74) is -0.855. The van der Waals surface area contributed by atoms with Crippen molar-refractivity contribution in [1.82, 2.24) is 30.1 Å². The zero-order valence-electron chi connectivity index (χ0n) is 38.0. The molecule has 16 nitrogen and oxygen atoms in total. The summed E-state index contributed by atoms with van der Waals surface area (Å²) in [7, 11) is -2.30. The van der Waals surface area contributed by atoms with Crippen molar-refractivity contribution in [2.45, 2.75) is 145 Å². The van der Waals surface area contributed by atoms with Gasteiger partial charge in [0, 0.05) is 44.5 Å². The Hall–Kier alpha value is -4.48. The number of hydrogen-bond acceptors (Lipinski definition) is 12. The topological polar surface area (TPSA) is 195 Å². The van der Waals surface area contributed by atoms with Crippen molar-refractivity contribution in [3.8, 4) is 11.6 Å². The SMILES string of the molecule is C=C[C@@H]1CC1(NC(=O)[C@@H]1C[C@@H]2CN1C(=O)[C@H](C(C)(C)C)NC(=O)O[C@@H]1C[C@H]1CCCCCc1c(nc3ccccc3c1OC1CCN(CCOC)CC1)O2)C(=O)NS(=O)(=O)C1(C)CC1. The summed E-state index contributed by atoms with van der Waals surface area (Å²) in [5.74, 6) is -1.18. The molecule has 2 saturated heterocycles. The minimum Gasteiger partial charge on any atom is -0.489 e. The van der Waals surface area contributed by atoms with Crippen LogP contribution in [0.15, 0.2) is 36.9 Å². The molecule has 0 radical (unpaired) electrons. The monoisotopic (exact) mass is 906 g/mol. The van der Waals surface area contributed by atoms with Crippen molar-refractivity contribution in [2.75, 3.05) is 39.9 Å². The van der Waals surface area contributed by atoms with Crippen molar-refractivity contribution in [3.63, 3.8) is 0 Å². The van der Waals surface area contributed by atoms with E-state index in [0.717, 1.165) is 81.3 Å². The van der Waals surface area contributed by atoms with Crippen molar-refractivity contribution in [3.05, 3.63) is 42.5 Å². The van der Waals surface area contributed by atoms with Gasteiger partial charge in [0.2, 0.25) is 27.7 Å². The Kier molecular flexibility index (Phi) is 13.0. The zero-order valence-corrected chi connectivity index (χ0v) is 38.8. The first-order chi connectivity index (χ1) is 30.4. The van der Waals surface area contributed by atoms with Gasteiger partial charge in [0.1, 0.15) is 41.7 Å². The number of fused-ring (bicyclic) bond motifs is 5. The third-order valence-corrected chi connectivity index (χ3v) is 16.5. The molecule has 350 valence electrons. The molecule has 6 aliphatic rings. The van der Waals surface area contributed by atoms with Crippen LogP contribution in [0, 0.1) is 17.3 Å². The van der Waals surface area contributed by atoms with Crippen molar-refractivity contribution >= 4 is 44.7 Å². The minimum atomic E-state index is -4.02.